The fraction of sp³-hybridized carbons (Fsp3) is 0.222. The molecule has 0 aliphatic heterocycles. The molecule has 0 aliphatic rings. The molecule has 1 N–H and O–H groups in total. The number of hydrogen-bond acceptors (Lipinski definition) is 4. The summed E-state index contributed by atoms with van der Waals surface area (Å²) in [6.45, 7) is 3.52. The maximum atomic E-state index is 11.2. The lowest BCUT2D eigenvalue weighted by molar-refractivity contribution is 0.174. The SMILES string of the molecule is C=CCOC(=O)Nc1c(C#N)cnn1C. The number of ether oxygens (including phenoxy) is 1. The maximum Gasteiger partial charge on any atom is 0.413 e. The van der Waals surface area contributed by atoms with Gasteiger partial charge in [0.25, 0.3) is 0 Å². The summed E-state index contributed by atoms with van der Waals surface area (Å²) in [5, 5.41) is 14.9. The summed E-state index contributed by atoms with van der Waals surface area (Å²) in [7, 11) is 1.62. The molecule has 0 aromatic carbocycles. The molecule has 1 aromatic heterocycles. The van der Waals surface area contributed by atoms with Crippen LogP contribution in [0.15, 0.2) is 18.9 Å². The number of nitrogens with zero attached hydrogens (tertiary/aromatic N) is 3. The molecule has 6 nitrogen and oxygen atoms in total. The Morgan fingerprint density at radius 1 is 1.93 bits per heavy atom. The van der Waals surface area contributed by atoms with Gasteiger partial charge in [-0.15, -0.1) is 0 Å². The predicted molar refractivity (Wildman–Crippen MR) is 53.1 cm³/mol. The van der Waals surface area contributed by atoms with Crippen LogP contribution in [0.5, 0.6) is 0 Å². The van der Waals surface area contributed by atoms with Crippen LogP contribution < -0.4 is 5.32 Å². The van der Waals surface area contributed by atoms with Crippen LogP contribution in [0.4, 0.5) is 10.6 Å². The first kappa shape index (κ1) is 10.8. The highest BCUT2D eigenvalue weighted by molar-refractivity contribution is 5.85. The van der Waals surface area contributed by atoms with Crippen molar-refractivity contribution in [2.45, 2.75) is 0 Å². The van der Waals surface area contributed by atoms with Crippen molar-refractivity contribution in [1.82, 2.24) is 9.78 Å². The Morgan fingerprint density at radius 3 is 3.27 bits per heavy atom. The number of carbonyl (C=O) groups excluding carboxylic acids is 1. The van der Waals surface area contributed by atoms with Crippen LogP contribution in [-0.2, 0) is 11.8 Å². The Bertz CT molecular complexity index is 416. The van der Waals surface area contributed by atoms with Crippen molar-refractivity contribution in [1.29, 1.82) is 5.26 Å². The van der Waals surface area contributed by atoms with Crippen LogP contribution in [0, 0.1) is 11.3 Å². The molecule has 6 heteroatoms. The van der Waals surface area contributed by atoms with E-state index in [0.29, 0.717) is 5.82 Å². The minimum atomic E-state index is -0.644. The number of carbonyl (C=O) groups is 1. The van der Waals surface area contributed by atoms with E-state index in [-0.39, 0.29) is 12.2 Å². The van der Waals surface area contributed by atoms with Crippen LogP contribution in [0.2, 0.25) is 0 Å². The van der Waals surface area contributed by atoms with E-state index in [1.807, 2.05) is 6.07 Å². The van der Waals surface area contributed by atoms with Gasteiger partial charge in [-0.2, -0.15) is 10.4 Å². The molecule has 1 heterocycles. The molecule has 1 amide bonds. The van der Waals surface area contributed by atoms with Crippen LogP contribution in [0.25, 0.3) is 0 Å². The Balaban J connectivity index is 2.71. The van der Waals surface area contributed by atoms with Gasteiger partial charge in [-0.3, -0.25) is 10.00 Å². The number of rotatable bonds is 3. The number of hydrogen-bond donors (Lipinski definition) is 1. The lowest BCUT2D eigenvalue weighted by Crippen LogP contribution is -2.16. The molecule has 0 saturated heterocycles. The highest BCUT2D eigenvalue weighted by Gasteiger charge is 2.11. The lowest BCUT2D eigenvalue weighted by Gasteiger charge is -2.05. The molecule has 0 unspecified atom stereocenters. The molecule has 0 atom stereocenters. The summed E-state index contributed by atoms with van der Waals surface area (Å²) in [5.41, 5.74) is 0.285. The van der Waals surface area contributed by atoms with Gasteiger partial charge in [0.1, 0.15) is 18.2 Å². The largest absolute Gasteiger partial charge is 0.445 e. The molecule has 1 rings (SSSR count). The van der Waals surface area contributed by atoms with Gasteiger partial charge < -0.3 is 4.74 Å². The van der Waals surface area contributed by atoms with E-state index in [1.165, 1.54) is 17.0 Å². The second-order valence-corrected chi connectivity index (χ2v) is 2.65. The number of nitrogens with one attached hydrogen (secondary N) is 1. The van der Waals surface area contributed by atoms with Gasteiger partial charge in [-0.1, -0.05) is 12.7 Å². The quantitative estimate of drug-likeness (QED) is 0.749. The van der Waals surface area contributed by atoms with Gasteiger partial charge in [-0.25, -0.2) is 4.79 Å². The van der Waals surface area contributed by atoms with Gasteiger partial charge in [0, 0.05) is 7.05 Å². The number of anilines is 1. The summed E-state index contributed by atoms with van der Waals surface area (Å²) in [6, 6.07) is 1.90. The minimum Gasteiger partial charge on any atom is -0.445 e. The third-order valence-corrected chi connectivity index (χ3v) is 1.61. The monoisotopic (exact) mass is 206 g/mol. The van der Waals surface area contributed by atoms with E-state index in [1.54, 1.807) is 7.05 Å². The standard InChI is InChI=1S/C9H10N4O2/c1-3-4-15-9(14)12-8-7(5-10)6-11-13(8)2/h3,6H,1,4H2,2H3,(H,12,14). The zero-order valence-corrected chi connectivity index (χ0v) is 8.23. The molecular formula is C9H10N4O2. The second-order valence-electron chi connectivity index (χ2n) is 2.65. The number of amides is 1. The van der Waals surface area contributed by atoms with E-state index in [2.05, 4.69) is 17.0 Å². The Hall–Kier alpha value is -2.29. The van der Waals surface area contributed by atoms with Crippen molar-refractivity contribution in [3.63, 3.8) is 0 Å². The molecule has 15 heavy (non-hydrogen) atoms. The van der Waals surface area contributed by atoms with Crippen LogP contribution in [0.1, 0.15) is 5.56 Å². The number of aromatic nitrogens is 2. The molecular weight excluding hydrogens is 196 g/mol. The molecule has 0 radical (unpaired) electrons. The van der Waals surface area contributed by atoms with Crippen molar-refractivity contribution in [2.24, 2.45) is 7.05 Å². The second kappa shape index (κ2) is 4.81. The van der Waals surface area contributed by atoms with E-state index in [4.69, 9.17) is 10.00 Å². The Kier molecular flexibility index (Phi) is 3.46. The van der Waals surface area contributed by atoms with Crippen molar-refractivity contribution in [3.8, 4) is 6.07 Å². The van der Waals surface area contributed by atoms with E-state index in [9.17, 15) is 4.79 Å². The van der Waals surface area contributed by atoms with Crippen LogP contribution in [0.3, 0.4) is 0 Å². The lowest BCUT2D eigenvalue weighted by atomic mass is 10.4. The zero-order valence-electron chi connectivity index (χ0n) is 8.23. The summed E-state index contributed by atoms with van der Waals surface area (Å²) in [4.78, 5) is 11.2. The van der Waals surface area contributed by atoms with Gasteiger partial charge in [0.2, 0.25) is 0 Å². The summed E-state index contributed by atoms with van der Waals surface area (Å²) in [5.74, 6) is 0.312. The average Bonchev–Trinajstić information content (AvgIpc) is 2.57. The first-order valence-corrected chi connectivity index (χ1v) is 4.15. The topological polar surface area (TPSA) is 79.9 Å². The van der Waals surface area contributed by atoms with Crippen molar-refractivity contribution >= 4 is 11.9 Å². The number of aryl methyl sites for hydroxylation is 1. The van der Waals surface area contributed by atoms with Crippen molar-refractivity contribution in [3.05, 3.63) is 24.4 Å². The first-order chi connectivity index (χ1) is 7.19. The minimum absolute atomic E-state index is 0.117. The van der Waals surface area contributed by atoms with Gasteiger partial charge in [0.05, 0.1) is 6.20 Å². The Labute approximate surface area is 86.8 Å². The summed E-state index contributed by atoms with van der Waals surface area (Å²) >= 11 is 0. The summed E-state index contributed by atoms with van der Waals surface area (Å²) in [6.07, 6.45) is 2.17. The molecule has 0 fully saturated rings. The number of nitriles is 1. The first-order valence-electron chi connectivity index (χ1n) is 4.15. The van der Waals surface area contributed by atoms with E-state index < -0.39 is 6.09 Å². The van der Waals surface area contributed by atoms with E-state index >= 15 is 0 Å². The third-order valence-electron chi connectivity index (χ3n) is 1.61. The fourth-order valence-electron chi connectivity index (χ4n) is 0.935. The van der Waals surface area contributed by atoms with Crippen molar-refractivity contribution in [2.75, 3.05) is 11.9 Å². The maximum absolute atomic E-state index is 11.2. The third kappa shape index (κ3) is 2.57. The van der Waals surface area contributed by atoms with Crippen molar-refractivity contribution < 1.29 is 9.53 Å². The molecule has 78 valence electrons. The zero-order chi connectivity index (χ0) is 11.3. The molecule has 0 aliphatic carbocycles. The average molecular weight is 206 g/mol. The summed E-state index contributed by atoms with van der Waals surface area (Å²) < 4.78 is 6.08. The molecule has 0 bridgehead atoms. The smallest absolute Gasteiger partial charge is 0.413 e. The predicted octanol–water partition coefficient (Wildman–Crippen LogP) is 1.03. The highest BCUT2D eigenvalue weighted by atomic mass is 16.5. The van der Waals surface area contributed by atoms with Gasteiger partial charge in [0.15, 0.2) is 5.82 Å². The molecule has 1 aromatic rings. The van der Waals surface area contributed by atoms with Gasteiger partial charge >= 0.3 is 6.09 Å². The Morgan fingerprint density at radius 2 is 2.67 bits per heavy atom. The van der Waals surface area contributed by atoms with Crippen LogP contribution in [-0.4, -0.2) is 22.5 Å². The normalized spacial score (nSPS) is 9.07. The van der Waals surface area contributed by atoms with Gasteiger partial charge in [-0.05, 0) is 0 Å². The molecule has 0 spiro atoms. The van der Waals surface area contributed by atoms with E-state index in [0.717, 1.165) is 0 Å². The van der Waals surface area contributed by atoms with Crippen LogP contribution >= 0.6 is 0 Å². The molecule has 0 saturated carbocycles. The highest BCUT2D eigenvalue weighted by Crippen LogP contribution is 2.12. The fourth-order valence-corrected chi connectivity index (χ4v) is 0.935.